The molecule has 0 aliphatic carbocycles. The quantitative estimate of drug-likeness (QED) is 0.520. The molecule has 0 saturated carbocycles. The first-order valence-corrected chi connectivity index (χ1v) is 3.81. The van der Waals surface area contributed by atoms with E-state index in [1.54, 1.807) is 6.07 Å². The second kappa shape index (κ2) is 2.55. The number of pyridine rings is 1. The average Bonchev–Trinajstić information content (AvgIpc) is 2.07. The topological polar surface area (TPSA) is 3.88 Å². The van der Waals surface area contributed by atoms with E-state index >= 15 is 0 Å². The van der Waals surface area contributed by atoms with Crippen LogP contribution in [-0.2, 0) is 7.05 Å². The van der Waals surface area contributed by atoms with E-state index in [4.69, 9.17) is 0 Å². The lowest BCUT2D eigenvalue weighted by Gasteiger charge is -1.94. The second-order valence-corrected chi connectivity index (χ2v) is 2.82. The van der Waals surface area contributed by atoms with Crippen molar-refractivity contribution in [1.29, 1.82) is 0 Å². The van der Waals surface area contributed by atoms with Crippen molar-refractivity contribution in [1.82, 2.24) is 0 Å². The fraction of sp³-hybridized carbons (Fsp3) is 0.100. The molecule has 1 heterocycles. The van der Waals surface area contributed by atoms with Crippen LogP contribution in [0, 0.1) is 5.82 Å². The Morgan fingerprint density at radius 1 is 1.25 bits per heavy atom. The predicted molar refractivity (Wildman–Crippen MR) is 45.1 cm³/mol. The highest BCUT2D eigenvalue weighted by Crippen LogP contribution is 2.09. The fourth-order valence-electron chi connectivity index (χ4n) is 1.32. The van der Waals surface area contributed by atoms with Gasteiger partial charge in [-0.3, -0.25) is 0 Å². The maximum atomic E-state index is 12.8. The van der Waals surface area contributed by atoms with Gasteiger partial charge in [0.1, 0.15) is 12.9 Å². The van der Waals surface area contributed by atoms with Gasteiger partial charge in [-0.2, -0.15) is 0 Å². The molecule has 0 unspecified atom stereocenters. The van der Waals surface area contributed by atoms with E-state index in [9.17, 15) is 4.39 Å². The Balaban J connectivity index is 2.88. The normalized spacial score (nSPS) is 10.5. The molecular formula is C10H9FN+. The molecule has 12 heavy (non-hydrogen) atoms. The van der Waals surface area contributed by atoms with Crippen molar-refractivity contribution < 1.29 is 8.96 Å². The highest BCUT2D eigenvalue weighted by Gasteiger charge is 2.03. The number of benzene rings is 1. The molecule has 2 aromatic rings. The smallest absolute Gasteiger partial charge is 0.207 e. The SMILES string of the molecule is C[n+]1cccc2ccc(F)cc21. The average molecular weight is 162 g/mol. The van der Waals surface area contributed by atoms with E-state index in [-0.39, 0.29) is 5.82 Å². The summed E-state index contributed by atoms with van der Waals surface area (Å²) >= 11 is 0. The van der Waals surface area contributed by atoms with Gasteiger partial charge >= 0.3 is 0 Å². The summed E-state index contributed by atoms with van der Waals surface area (Å²) < 4.78 is 14.7. The van der Waals surface area contributed by atoms with Gasteiger partial charge in [-0.05, 0) is 18.2 Å². The molecule has 1 nitrogen and oxygen atoms in total. The molecule has 0 amide bonds. The van der Waals surface area contributed by atoms with Crippen LogP contribution in [0.1, 0.15) is 0 Å². The number of aryl methyl sites for hydroxylation is 1. The minimum atomic E-state index is -0.190. The number of aromatic nitrogens is 1. The third-order valence-electron chi connectivity index (χ3n) is 1.96. The van der Waals surface area contributed by atoms with Gasteiger partial charge in [0.05, 0.1) is 0 Å². The third-order valence-corrected chi connectivity index (χ3v) is 1.96. The lowest BCUT2D eigenvalue weighted by Crippen LogP contribution is -2.27. The van der Waals surface area contributed by atoms with Crippen LogP contribution >= 0.6 is 0 Å². The van der Waals surface area contributed by atoms with Crippen LogP contribution in [0.3, 0.4) is 0 Å². The van der Waals surface area contributed by atoms with Gasteiger partial charge in [0.2, 0.25) is 5.52 Å². The Morgan fingerprint density at radius 3 is 2.92 bits per heavy atom. The van der Waals surface area contributed by atoms with E-state index in [0.717, 1.165) is 10.9 Å². The minimum absolute atomic E-state index is 0.190. The maximum absolute atomic E-state index is 12.8. The Labute approximate surface area is 70.1 Å². The Kier molecular flexibility index (Phi) is 1.54. The maximum Gasteiger partial charge on any atom is 0.215 e. The van der Waals surface area contributed by atoms with Crippen LogP contribution in [0.15, 0.2) is 36.5 Å². The highest BCUT2D eigenvalue weighted by molar-refractivity contribution is 5.75. The van der Waals surface area contributed by atoms with E-state index in [1.807, 2.05) is 29.9 Å². The third kappa shape index (κ3) is 1.05. The molecule has 0 atom stereocenters. The van der Waals surface area contributed by atoms with E-state index < -0.39 is 0 Å². The summed E-state index contributed by atoms with van der Waals surface area (Å²) in [6.45, 7) is 0. The minimum Gasteiger partial charge on any atom is -0.207 e. The van der Waals surface area contributed by atoms with Crippen molar-refractivity contribution in [2.75, 3.05) is 0 Å². The van der Waals surface area contributed by atoms with Crippen molar-refractivity contribution in [2.45, 2.75) is 0 Å². The van der Waals surface area contributed by atoms with Crippen LogP contribution in [0.25, 0.3) is 10.9 Å². The first kappa shape index (κ1) is 7.22. The molecule has 1 aromatic heterocycles. The van der Waals surface area contributed by atoms with Crippen molar-refractivity contribution in [3.8, 4) is 0 Å². The predicted octanol–water partition coefficient (Wildman–Crippen LogP) is 1.80. The van der Waals surface area contributed by atoms with Crippen LogP contribution in [0.5, 0.6) is 0 Å². The van der Waals surface area contributed by atoms with Crippen LogP contribution in [0.4, 0.5) is 4.39 Å². The van der Waals surface area contributed by atoms with Crippen LogP contribution in [0.2, 0.25) is 0 Å². The summed E-state index contributed by atoms with van der Waals surface area (Å²) in [7, 11) is 1.90. The molecule has 60 valence electrons. The Hall–Kier alpha value is -1.44. The molecule has 2 rings (SSSR count). The molecule has 0 saturated heterocycles. The van der Waals surface area contributed by atoms with Crippen molar-refractivity contribution >= 4 is 10.9 Å². The standard InChI is InChI=1S/C10H9FN/c1-12-6-2-3-8-4-5-9(11)7-10(8)12/h2-7H,1H3/q+1. The first-order chi connectivity index (χ1) is 5.77. The highest BCUT2D eigenvalue weighted by atomic mass is 19.1. The van der Waals surface area contributed by atoms with E-state index in [2.05, 4.69) is 0 Å². The Morgan fingerprint density at radius 2 is 2.08 bits per heavy atom. The van der Waals surface area contributed by atoms with Gasteiger partial charge in [0.25, 0.3) is 0 Å². The number of fused-ring (bicyclic) bond motifs is 1. The first-order valence-electron chi connectivity index (χ1n) is 3.81. The largest absolute Gasteiger partial charge is 0.215 e. The zero-order valence-electron chi connectivity index (χ0n) is 6.79. The monoisotopic (exact) mass is 162 g/mol. The second-order valence-electron chi connectivity index (χ2n) is 2.82. The molecule has 0 aliphatic rings. The number of hydrogen-bond donors (Lipinski definition) is 0. The van der Waals surface area contributed by atoms with Gasteiger partial charge in [-0.1, -0.05) is 0 Å². The van der Waals surface area contributed by atoms with E-state index in [0.29, 0.717) is 0 Å². The van der Waals surface area contributed by atoms with Crippen molar-refractivity contribution in [2.24, 2.45) is 7.05 Å². The molecule has 2 heteroatoms. The molecule has 0 aliphatic heterocycles. The zero-order valence-corrected chi connectivity index (χ0v) is 6.79. The van der Waals surface area contributed by atoms with Gasteiger partial charge in [-0.15, -0.1) is 0 Å². The summed E-state index contributed by atoms with van der Waals surface area (Å²) in [5.74, 6) is -0.190. The van der Waals surface area contributed by atoms with Crippen molar-refractivity contribution in [3.63, 3.8) is 0 Å². The number of hydrogen-bond acceptors (Lipinski definition) is 0. The molecular weight excluding hydrogens is 153 g/mol. The summed E-state index contributed by atoms with van der Waals surface area (Å²) in [6.07, 6.45) is 1.90. The van der Waals surface area contributed by atoms with Gasteiger partial charge in [-0.25, -0.2) is 8.96 Å². The number of nitrogens with zero attached hydrogens (tertiary/aromatic N) is 1. The van der Waals surface area contributed by atoms with Crippen LogP contribution < -0.4 is 4.57 Å². The summed E-state index contributed by atoms with van der Waals surface area (Å²) in [5, 5.41) is 1.06. The number of halogens is 1. The molecule has 0 fully saturated rings. The summed E-state index contributed by atoms with van der Waals surface area (Å²) in [5.41, 5.74) is 0.914. The van der Waals surface area contributed by atoms with Crippen molar-refractivity contribution in [3.05, 3.63) is 42.3 Å². The summed E-state index contributed by atoms with van der Waals surface area (Å²) in [4.78, 5) is 0. The van der Waals surface area contributed by atoms with E-state index in [1.165, 1.54) is 12.1 Å². The summed E-state index contributed by atoms with van der Waals surface area (Å²) in [6, 6.07) is 8.71. The van der Waals surface area contributed by atoms with Gasteiger partial charge < -0.3 is 0 Å². The Bertz CT molecular complexity index is 423. The fourth-order valence-corrected chi connectivity index (χ4v) is 1.32. The molecule has 0 radical (unpaired) electrons. The lowest BCUT2D eigenvalue weighted by atomic mass is 10.2. The molecule has 0 bridgehead atoms. The molecule has 0 N–H and O–H groups in total. The molecule has 0 spiro atoms. The van der Waals surface area contributed by atoms with Gasteiger partial charge in [0.15, 0.2) is 6.20 Å². The lowest BCUT2D eigenvalue weighted by molar-refractivity contribution is -0.644. The van der Waals surface area contributed by atoms with Gasteiger partial charge in [0, 0.05) is 17.5 Å². The van der Waals surface area contributed by atoms with Crippen LogP contribution in [-0.4, -0.2) is 0 Å². The zero-order chi connectivity index (χ0) is 8.55. The molecule has 1 aromatic carbocycles. The number of rotatable bonds is 0.